The van der Waals surface area contributed by atoms with Gasteiger partial charge in [-0.3, -0.25) is 9.69 Å². The minimum absolute atomic E-state index is 0.0438. The Hall–Kier alpha value is -4.35. The molecule has 4 rings (SSSR count). The van der Waals surface area contributed by atoms with Crippen LogP contribution in [0.4, 0.5) is 14.9 Å². The van der Waals surface area contributed by atoms with Gasteiger partial charge in [0.2, 0.25) is 5.91 Å². The summed E-state index contributed by atoms with van der Waals surface area (Å²) in [6.07, 6.45) is 1.46. The Labute approximate surface area is 193 Å². The molecule has 34 heavy (non-hydrogen) atoms. The summed E-state index contributed by atoms with van der Waals surface area (Å²) in [7, 11) is 0. The maximum atomic E-state index is 14.9. The molecule has 0 radical (unpaired) electrons. The van der Waals surface area contributed by atoms with Gasteiger partial charge < -0.3 is 15.2 Å². The van der Waals surface area contributed by atoms with Gasteiger partial charge in [0.15, 0.2) is 11.5 Å². The van der Waals surface area contributed by atoms with E-state index >= 15 is 0 Å². The standard InChI is InChI=1S/C22H21FN6O5/c1-3-33-21(31)17-10-29(27-26-17)19-7-4-13(9-25-19)15-6-5-14(8-16(15)23)28-11-18(34-22(28)32)12(2)20(24)30/h4-10,12,18H,3,11H2,1-2H3,(H2,24,30)/t12-,18?/m0/s1. The number of halogens is 1. The summed E-state index contributed by atoms with van der Waals surface area (Å²) < 4.78 is 26.3. The molecular weight excluding hydrogens is 447 g/mol. The third-order valence-electron chi connectivity index (χ3n) is 5.38. The number of carbonyl (C=O) groups excluding carboxylic acids is 3. The minimum Gasteiger partial charge on any atom is -0.461 e. The average Bonchev–Trinajstić information content (AvgIpc) is 3.46. The average molecular weight is 468 g/mol. The second-order valence-corrected chi connectivity index (χ2v) is 7.56. The molecule has 0 spiro atoms. The lowest BCUT2D eigenvalue weighted by molar-refractivity contribution is -0.123. The van der Waals surface area contributed by atoms with E-state index in [0.29, 0.717) is 17.1 Å². The number of nitrogens with two attached hydrogens (primary N) is 1. The first-order valence-electron chi connectivity index (χ1n) is 10.4. The van der Waals surface area contributed by atoms with Gasteiger partial charge in [0, 0.05) is 17.3 Å². The van der Waals surface area contributed by atoms with E-state index in [1.165, 1.54) is 34.1 Å². The number of rotatable bonds is 7. The molecule has 1 aliphatic rings. The second kappa shape index (κ2) is 9.25. The summed E-state index contributed by atoms with van der Waals surface area (Å²) >= 11 is 0. The van der Waals surface area contributed by atoms with E-state index < -0.39 is 35.8 Å². The summed E-state index contributed by atoms with van der Waals surface area (Å²) in [6.45, 7) is 3.56. The largest absolute Gasteiger partial charge is 0.461 e. The van der Waals surface area contributed by atoms with Crippen LogP contribution in [0.5, 0.6) is 0 Å². The predicted molar refractivity (Wildman–Crippen MR) is 116 cm³/mol. The van der Waals surface area contributed by atoms with Gasteiger partial charge >= 0.3 is 12.1 Å². The molecule has 12 heteroatoms. The van der Waals surface area contributed by atoms with Gasteiger partial charge in [0.1, 0.15) is 11.9 Å². The van der Waals surface area contributed by atoms with Gasteiger partial charge in [-0.2, -0.15) is 0 Å². The molecule has 2 atom stereocenters. The maximum Gasteiger partial charge on any atom is 0.414 e. The van der Waals surface area contributed by atoms with E-state index in [2.05, 4.69) is 15.3 Å². The number of ether oxygens (including phenoxy) is 2. The first-order valence-corrected chi connectivity index (χ1v) is 10.4. The molecule has 1 unspecified atom stereocenters. The molecule has 2 aromatic heterocycles. The highest BCUT2D eigenvalue weighted by Crippen LogP contribution is 2.30. The van der Waals surface area contributed by atoms with Crippen LogP contribution in [0.15, 0.2) is 42.7 Å². The minimum atomic E-state index is -0.703. The Morgan fingerprint density at radius 2 is 2.12 bits per heavy atom. The van der Waals surface area contributed by atoms with Crippen LogP contribution >= 0.6 is 0 Å². The van der Waals surface area contributed by atoms with E-state index in [-0.39, 0.29) is 24.4 Å². The molecular formula is C22H21FN6O5. The van der Waals surface area contributed by atoms with Crippen molar-refractivity contribution < 1.29 is 28.2 Å². The summed E-state index contributed by atoms with van der Waals surface area (Å²) in [6, 6.07) is 7.55. The van der Waals surface area contributed by atoms with E-state index in [0.717, 1.165) is 0 Å². The molecule has 11 nitrogen and oxygen atoms in total. The number of cyclic esters (lactones) is 1. The quantitative estimate of drug-likeness (QED) is 0.520. The highest BCUT2D eigenvalue weighted by atomic mass is 19.1. The van der Waals surface area contributed by atoms with Crippen LogP contribution < -0.4 is 10.6 Å². The zero-order chi connectivity index (χ0) is 24.4. The Balaban J connectivity index is 1.51. The van der Waals surface area contributed by atoms with Gasteiger partial charge in [-0.1, -0.05) is 5.21 Å². The number of carbonyl (C=O) groups is 3. The van der Waals surface area contributed by atoms with Crippen molar-refractivity contribution in [2.75, 3.05) is 18.1 Å². The van der Waals surface area contributed by atoms with Gasteiger partial charge in [-0.25, -0.2) is 23.6 Å². The predicted octanol–water partition coefficient (Wildman–Crippen LogP) is 2.09. The van der Waals surface area contributed by atoms with Gasteiger partial charge in [-0.05, 0) is 44.2 Å². The number of pyridine rings is 1. The number of hydrogen-bond donors (Lipinski definition) is 1. The number of nitrogens with zero attached hydrogens (tertiary/aromatic N) is 5. The molecule has 176 valence electrons. The van der Waals surface area contributed by atoms with Crippen molar-refractivity contribution in [2.45, 2.75) is 20.0 Å². The summed E-state index contributed by atoms with van der Waals surface area (Å²) in [5, 5.41) is 7.61. The molecule has 1 aliphatic heterocycles. The third-order valence-corrected chi connectivity index (χ3v) is 5.38. The molecule has 1 fully saturated rings. The van der Waals surface area contributed by atoms with Crippen molar-refractivity contribution in [2.24, 2.45) is 11.7 Å². The van der Waals surface area contributed by atoms with Crippen molar-refractivity contribution in [1.82, 2.24) is 20.0 Å². The fourth-order valence-electron chi connectivity index (χ4n) is 3.40. The van der Waals surface area contributed by atoms with Crippen molar-refractivity contribution in [3.8, 4) is 16.9 Å². The summed E-state index contributed by atoms with van der Waals surface area (Å²) in [4.78, 5) is 40.8. The fraction of sp³-hybridized carbons (Fsp3) is 0.273. The Bertz CT molecular complexity index is 1240. The Kier molecular flexibility index (Phi) is 6.21. The van der Waals surface area contributed by atoms with Crippen molar-refractivity contribution in [3.05, 3.63) is 54.2 Å². The first kappa shape index (κ1) is 22.8. The first-order chi connectivity index (χ1) is 16.3. The number of primary amides is 1. The van der Waals surface area contributed by atoms with Crippen molar-refractivity contribution in [3.63, 3.8) is 0 Å². The van der Waals surface area contributed by atoms with Crippen LogP contribution in [-0.4, -0.2) is 57.2 Å². The van der Waals surface area contributed by atoms with Crippen LogP contribution in [-0.2, 0) is 14.3 Å². The lowest BCUT2D eigenvalue weighted by atomic mass is 10.0. The summed E-state index contributed by atoms with van der Waals surface area (Å²) in [5.41, 5.74) is 6.38. The number of hydrogen-bond acceptors (Lipinski definition) is 8. The lowest BCUT2D eigenvalue weighted by Crippen LogP contribution is -2.34. The highest BCUT2D eigenvalue weighted by Gasteiger charge is 2.37. The van der Waals surface area contributed by atoms with Crippen LogP contribution in [0, 0.1) is 11.7 Å². The Morgan fingerprint density at radius 3 is 2.76 bits per heavy atom. The number of benzene rings is 1. The van der Waals surface area contributed by atoms with E-state index in [9.17, 15) is 18.8 Å². The maximum absolute atomic E-state index is 14.9. The molecule has 0 saturated carbocycles. The zero-order valence-corrected chi connectivity index (χ0v) is 18.3. The fourth-order valence-corrected chi connectivity index (χ4v) is 3.40. The van der Waals surface area contributed by atoms with Gasteiger partial charge in [0.25, 0.3) is 0 Å². The van der Waals surface area contributed by atoms with Gasteiger partial charge in [-0.15, -0.1) is 5.10 Å². The molecule has 0 aliphatic carbocycles. The molecule has 3 aromatic rings. The smallest absolute Gasteiger partial charge is 0.414 e. The van der Waals surface area contributed by atoms with Crippen molar-refractivity contribution in [1.29, 1.82) is 0 Å². The molecule has 2 N–H and O–H groups in total. The van der Waals surface area contributed by atoms with Crippen LogP contribution in [0.3, 0.4) is 0 Å². The Morgan fingerprint density at radius 1 is 1.32 bits per heavy atom. The van der Waals surface area contributed by atoms with E-state index in [1.807, 2.05) is 0 Å². The molecule has 2 amide bonds. The lowest BCUT2D eigenvalue weighted by Gasteiger charge is -2.15. The van der Waals surface area contributed by atoms with E-state index in [1.54, 1.807) is 32.0 Å². The molecule has 3 heterocycles. The number of esters is 1. The SMILES string of the molecule is CCOC(=O)c1cn(-c2ccc(-c3ccc(N4CC([C@H](C)C(N)=O)OC4=O)cc3F)cn2)nn1. The topological polar surface area (TPSA) is 143 Å². The van der Waals surface area contributed by atoms with E-state index in [4.69, 9.17) is 15.2 Å². The second-order valence-electron chi connectivity index (χ2n) is 7.56. The monoisotopic (exact) mass is 468 g/mol. The number of anilines is 1. The molecule has 1 aromatic carbocycles. The van der Waals surface area contributed by atoms with Gasteiger partial charge in [0.05, 0.1) is 31.0 Å². The van der Waals surface area contributed by atoms with Crippen molar-refractivity contribution >= 4 is 23.7 Å². The number of aromatic nitrogens is 4. The highest BCUT2D eigenvalue weighted by molar-refractivity contribution is 5.91. The normalized spacial score (nSPS) is 16.3. The van der Waals surface area contributed by atoms with Crippen LogP contribution in [0.25, 0.3) is 16.9 Å². The summed E-state index contributed by atoms with van der Waals surface area (Å²) in [5.74, 6) is -2.04. The van der Waals surface area contributed by atoms with Crippen LogP contribution in [0.1, 0.15) is 24.3 Å². The third kappa shape index (κ3) is 4.42. The molecule has 0 bridgehead atoms. The number of amides is 2. The zero-order valence-electron chi connectivity index (χ0n) is 18.3. The molecule has 1 saturated heterocycles. The van der Waals surface area contributed by atoms with Crippen LogP contribution in [0.2, 0.25) is 0 Å².